The van der Waals surface area contributed by atoms with E-state index in [-0.39, 0.29) is 6.54 Å². The van der Waals surface area contributed by atoms with E-state index in [1.165, 1.54) is 0 Å². The standard InChI is InChI=1S/C21H24N4O3/c1-13-14(2)24-21(15-5-7-22-8-6-15)25-20(13)23-12-19(26)16-9-17(27-3)11-18(10-16)28-4/h5-11,19,26H,12H2,1-4H3,(H,23,24,25). The lowest BCUT2D eigenvalue weighted by atomic mass is 10.1. The van der Waals surface area contributed by atoms with Gasteiger partial charge in [-0.2, -0.15) is 0 Å². The van der Waals surface area contributed by atoms with Crippen molar-refractivity contribution in [1.29, 1.82) is 0 Å². The maximum atomic E-state index is 10.6. The van der Waals surface area contributed by atoms with E-state index >= 15 is 0 Å². The van der Waals surface area contributed by atoms with Gasteiger partial charge in [-0.1, -0.05) is 0 Å². The van der Waals surface area contributed by atoms with Crippen LogP contribution in [0.2, 0.25) is 0 Å². The molecule has 0 aliphatic rings. The van der Waals surface area contributed by atoms with Crippen molar-refractivity contribution in [1.82, 2.24) is 15.0 Å². The van der Waals surface area contributed by atoms with Crippen LogP contribution < -0.4 is 14.8 Å². The fraction of sp³-hybridized carbons (Fsp3) is 0.286. The molecule has 7 nitrogen and oxygen atoms in total. The lowest BCUT2D eigenvalue weighted by Gasteiger charge is -2.17. The van der Waals surface area contributed by atoms with Crippen LogP contribution in [-0.4, -0.2) is 40.8 Å². The van der Waals surface area contributed by atoms with Gasteiger partial charge in [0.15, 0.2) is 5.82 Å². The fourth-order valence-electron chi connectivity index (χ4n) is 2.76. The number of hydrogen-bond donors (Lipinski definition) is 2. The van der Waals surface area contributed by atoms with E-state index in [2.05, 4.69) is 20.3 Å². The van der Waals surface area contributed by atoms with Gasteiger partial charge in [-0.05, 0) is 43.7 Å². The molecule has 0 saturated heterocycles. The third kappa shape index (κ3) is 4.37. The molecule has 7 heteroatoms. The molecule has 2 heterocycles. The third-order valence-electron chi connectivity index (χ3n) is 4.55. The molecule has 0 radical (unpaired) electrons. The number of hydrogen-bond acceptors (Lipinski definition) is 7. The lowest BCUT2D eigenvalue weighted by Crippen LogP contribution is -2.15. The summed E-state index contributed by atoms with van der Waals surface area (Å²) in [4.78, 5) is 13.2. The summed E-state index contributed by atoms with van der Waals surface area (Å²) < 4.78 is 10.5. The van der Waals surface area contributed by atoms with E-state index in [1.54, 1.807) is 44.8 Å². The molecular formula is C21H24N4O3. The Morgan fingerprint density at radius 2 is 1.64 bits per heavy atom. The van der Waals surface area contributed by atoms with Crippen LogP contribution in [0.1, 0.15) is 22.9 Å². The molecule has 146 valence electrons. The Balaban J connectivity index is 1.81. The number of nitrogens with zero attached hydrogens (tertiary/aromatic N) is 3. The van der Waals surface area contributed by atoms with Crippen molar-refractivity contribution in [3.8, 4) is 22.9 Å². The minimum absolute atomic E-state index is 0.281. The second-order valence-corrected chi connectivity index (χ2v) is 6.38. The summed E-state index contributed by atoms with van der Waals surface area (Å²) in [6.45, 7) is 4.18. The molecule has 1 atom stereocenters. The Bertz CT molecular complexity index is 926. The zero-order valence-electron chi connectivity index (χ0n) is 16.4. The van der Waals surface area contributed by atoms with Crippen LogP contribution >= 0.6 is 0 Å². The maximum absolute atomic E-state index is 10.6. The molecule has 2 N–H and O–H groups in total. The number of aliphatic hydroxyl groups excluding tert-OH is 1. The second kappa shape index (κ2) is 8.67. The number of aromatic nitrogens is 3. The van der Waals surface area contributed by atoms with Gasteiger partial charge in [0.1, 0.15) is 17.3 Å². The highest BCUT2D eigenvalue weighted by atomic mass is 16.5. The van der Waals surface area contributed by atoms with E-state index < -0.39 is 6.10 Å². The predicted octanol–water partition coefficient (Wildman–Crippen LogP) is 3.32. The van der Waals surface area contributed by atoms with E-state index in [1.807, 2.05) is 26.0 Å². The molecule has 28 heavy (non-hydrogen) atoms. The highest BCUT2D eigenvalue weighted by molar-refractivity contribution is 5.59. The van der Waals surface area contributed by atoms with Crippen LogP contribution in [0.4, 0.5) is 5.82 Å². The van der Waals surface area contributed by atoms with Crippen molar-refractivity contribution in [3.63, 3.8) is 0 Å². The maximum Gasteiger partial charge on any atom is 0.161 e. The molecule has 2 aromatic heterocycles. The third-order valence-corrected chi connectivity index (χ3v) is 4.55. The highest BCUT2D eigenvalue weighted by Gasteiger charge is 2.14. The molecule has 0 saturated carbocycles. The molecule has 0 spiro atoms. The largest absolute Gasteiger partial charge is 0.497 e. The summed E-state index contributed by atoms with van der Waals surface area (Å²) in [6, 6.07) is 9.07. The van der Waals surface area contributed by atoms with Gasteiger partial charge in [-0.15, -0.1) is 0 Å². The first-order chi connectivity index (χ1) is 13.5. The fourth-order valence-corrected chi connectivity index (χ4v) is 2.76. The van der Waals surface area contributed by atoms with Gasteiger partial charge < -0.3 is 19.9 Å². The summed E-state index contributed by atoms with van der Waals surface area (Å²) in [7, 11) is 3.16. The van der Waals surface area contributed by atoms with E-state index in [4.69, 9.17) is 9.47 Å². The number of rotatable bonds is 7. The summed E-state index contributed by atoms with van der Waals surface area (Å²) >= 11 is 0. The van der Waals surface area contributed by atoms with Gasteiger partial charge in [-0.25, -0.2) is 9.97 Å². The van der Waals surface area contributed by atoms with E-state index in [0.29, 0.717) is 28.7 Å². The van der Waals surface area contributed by atoms with Crippen LogP contribution in [0, 0.1) is 13.8 Å². The molecule has 0 fully saturated rings. The van der Waals surface area contributed by atoms with E-state index in [0.717, 1.165) is 16.8 Å². The van der Waals surface area contributed by atoms with Gasteiger partial charge >= 0.3 is 0 Å². The number of aryl methyl sites for hydroxylation is 1. The van der Waals surface area contributed by atoms with Crippen LogP contribution in [-0.2, 0) is 0 Å². The van der Waals surface area contributed by atoms with Gasteiger partial charge in [0.25, 0.3) is 0 Å². The van der Waals surface area contributed by atoms with Crippen molar-refractivity contribution < 1.29 is 14.6 Å². The molecule has 0 aliphatic carbocycles. The van der Waals surface area contributed by atoms with Gasteiger partial charge in [0.05, 0.1) is 20.3 Å². The predicted molar refractivity (Wildman–Crippen MR) is 108 cm³/mol. The van der Waals surface area contributed by atoms with Crippen molar-refractivity contribution in [2.75, 3.05) is 26.1 Å². The number of methoxy groups -OCH3 is 2. The minimum atomic E-state index is -0.761. The van der Waals surface area contributed by atoms with Gasteiger partial charge in [0, 0.05) is 41.8 Å². The molecule has 0 bridgehead atoms. The minimum Gasteiger partial charge on any atom is -0.497 e. The first-order valence-corrected chi connectivity index (χ1v) is 8.92. The summed E-state index contributed by atoms with van der Waals surface area (Å²) in [6.07, 6.45) is 2.66. The Labute approximate surface area is 164 Å². The SMILES string of the molecule is COc1cc(OC)cc(C(O)CNc2nc(-c3ccncc3)nc(C)c2C)c1. The number of aliphatic hydroxyl groups is 1. The summed E-state index contributed by atoms with van der Waals surface area (Å²) in [5.41, 5.74) is 3.40. The smallest absolute Gasteiger partial charge is 0.161 e. The van der Waals surface area contributed by atoms with E-state index in [9.17, 15) is 5.11 Å². The molecular weight excluding hydrogens is 356 g/mol. The van der Waals surface area contributed by atoms with Crippen LogP contribution in [0.15, 0.2) is 42.7 Å². The topological polar surface area (TPSA) is 89.4 Å². The number of nitrogens with one attached hydrogen (secondary N) is 1. The van der Waals surface area contributed by atoms with Gasteiger partial charge in [0.2, 0.25) is 0 Å². The zero-order chi connectivity index (χ0) is 20.1. The first-order valence-electron chi connectivity index (χ1n) is 8.92. The van der Waals surface area contributed by atoms with Crippen molar-refractivity contribution in [2.45, 2.75) is 20.0 Å². The van der Waals surface area contributed by atoms with Crippen molar-refractivity contribution in [3.05, 3.63) is 59.5 Å². The average Bonchev–Trinajstić information content (AvgIpc) is 2.74. The van der Waals surface area contributed by atoms with Crippen LogP contribution in [0.5, 0.6) is 11.5 Å². The molecule has 1 unspecified atom stereocenters. The highest BCUT2D eigenvalue weighted by Crippen LogP contribution is 2.27. The number of ether oxygens (including phenoxy) is 2. The molecule has 0 amide bonds. The van der Waals surface area contributed by atoms with Gasteiger partial charge in [-0.3, -0.25) is 4.98 Å². The molecule has 3 rings (SSSR count). The Morgan fingerprint density at radius 1 is 1.00 bits per heavy atom. The number of anilines is 1. The summed E-state index contributed by atoms with van der Waals surface area (Å²) in [5, 5.41) is 13.9. The Hall–Kier alpha value is -3.19. The Kier molecular flexibility index (Phi) is 6.06. The monoisotopic (exact) mass is 380 g/mol. The Morgan fingerprint density at radius 3 is 2.25 bits per heavy atom. The second-order valence-electron chi connectivity index (χ2n) is 6.38. The normalized spacial score (nSPS) is 11.8. The van der Waals surface area contributed by atoms with Crippen molar-refractivity contribution >= 4 is 5.82 Å². The summed E-state index contributed by atoms with van der Waals surface area (Å²) in [5.74, 6) is 2.56. The zero-order valence-corrected chi connectivity index (χ0v) is 16.4. The first kappa shape index (κ1) is 19.6. The number of pyridine rings is 1. The molecule has 0 aliphatic heterocycles. The number of benzene rings is 1. The van der Waals surface area contributed by atoms with Crippen molar-refractivity contribution in [2.24, 2.45) is 0 Å². The lowest BCUT2D eigenvalue weighted by molar-refractivity contribution is 0.190. The quantitative estimate of drug-likeness (QED) is 0.650. The molecule has 1 aromatic carbocycles. The average molecular weight is 380 g/mol. The van der Waals surface area contributed by atoms with Crippen LogP contribution in [0.3, 0.4) is 0 Å². The van der Waals surface area contributed by atoms with Crippen LogP contribution in [0.25, 0.3) is 11.4 Å². The molecule has 3 aromatic rings.